The number of hydrazone groups is 1. The van der Waals surface area contributed by atoms with Gasteiger partial charge in [0.05, 0.1) is 28.4 Å². The number of hydrogen-bond donors (Lipinski definition) is 1. The summed E-state index contributed by atoms with van der Waals surface area (Å²) in [6.07, 6.45) is 3.56. The van der Waals surface area contributed by atoms with Gasteiger partial charge in [-0.2, -0.15) is 18.3 Å². The maximum absolute atomic E-state index is 12.8. The molecule has 174 valence electrons. The summed E-state index contributed by atoms with van der Waals surface area (Å²) in [5, 5.41) is 4.37. The monoisotopic (exact) mass is 488 g/mol. The van der Waals surface area contributed by atoms with E-state index in [-0.39, 0.29) is 5.56 Å². The second kappa shape index (κ2) is 12.7. The smallest absolute Gasteiger partial charge is 0.416 e. The Labute approximate surface area is 195 Å². The summed E-state index contributed by atoms with van der Waals surface area (Å²) < 4.78 is 44.0. The molecule has 2 aromatic carbocycles. The van der Waals surface area contributed by atoms with Crippen molar-refractivity contribution in [1.29, 1.82) is 0 Å². The first-order valence-electron chi connectivity index (χ1n) is 10.3. The van der Waals surface area contributed by atoms with Gasteiger partial charge < -0.3 is 4.74 Å². The zero-order chi connectivity index (χ0) is 23.6. The van der Waals surface area contributed by atoms with Crippen LogP contribution in [-0.2, 0) is 6.18 Å². The third-order valence-corrected chi connectivity index (χ3v) is 5.16. The molecule has 32 heavy (non-hydrogen) atoms. The molecule has 0 saturated carbocycles. The van der Waals surface area contributed by atoms with Crippen LogP contribution in [0.15, 0.2) is 41.5 Å². The van der Waals surface area contributed by atoms with Crippen molar-refractivity contribution in [3.05, 3.63) is 63.1 Å². The van der Waals surface area contributed by atoms with Crippen LogP contribution in [0.25, 0.3) is 0 Å². The van der Waals surface area contributed by atoms with Gasteiger partial charge >= 0.3 is 6.18 Å². The van der Waals surface area contributed by atoms with Crippen LogP contribution in [0.1, 0.15) is 66.9 Å². The molecule has 0 heterocycles. The highest BCUT2D eigenvalue weighted by molar-refractivity contribution is 6.37. The van der Waals surface area contributed by atoms with E-state index in [0.717, 1.165) is 31.0 Å². The largest absolute Gasteiger partial charge is 0.490 e. The molecule has 2 aromatic rings. The minimum absolute atomic E-state index is 0.161. The Morgan fingerprint density at radius 1 is 1.06 bits per heavy atom. The highest BCUT2D eigenvalue weighted by Crippen LogP contribution is 2.34. The summed E-state index contributed by atoms with van der Waals surface area (Å²) in [5.41, 5.74) is 1.61. The molecule has 2 rings (SSSR count). The summed E-state index contributed by atoms with van der Waals surface area (Å²) in [7, 11) is 0. The van der Waals surface area contributed by atoms with Crippen LogP contribution >= 0.6 is 23.2 Å². The maximum atomic E-state index is 12.8. The number of ether oxygens (including phenoxy) is 1. The summed E-state index contributed by atoms with van der Waals surface area (Å²) >= 11 is 12.5. The average molecular weight is 489 g/mol. The van der Waals surface area contributed by atoms with Crippen molar-refractivity contribution in [2.24, 2.45) is 5.10 Å². The molecule has 1 amide bonds. The number of hydrogen-bond acceptors (Lipinski definition) is 3. The fourth-order valence-electron chi connectivity index (χ4n) is 2.92. The SMILES string of the molecule is CCCCCCCCOc1c(Cl)cc(/C=N/NC(=O)c2cccc(C(F)(F)F)c2)cc1Cl. The van der Waals surface area contributed by atoms with Gasteiger partial charge in [0.25, 0.3) is 5.91 Å². The number of unbranched alkanes of at least 4 members (excludes halogenated alkanes) is 5. The minimum Gasteiger partial charge on any atom is -0.490 e. The van der Waals surface area contributed by atoms with Gasteiger partial charge in [0, 0.05) is 5.56 Å². The van der Waals surface area contributed by atoms with Crippen LogP contribution < -0.4 is 10.2 Å². The standard InChI is InChI=1S/C23H25Cl2F3N2O2/c1-2-3-4-5-6-7-11-32-21-19(24)12-16(13-20(21)25)15-29-30-22(31)17-9-8-10-18(14-17)23(26,27)28/h8-10,12-15H,2-7,11H2,1H3,(H,30,31)/b29-15+. The number of carbonyl (C=O) groups excluding carboxylic acids is 1. The second-order valence-corrected chi connectivity index (χ2v) is 8.02. The molecule has 9 heteroatoms. The Hall–Kier alpha value is -2.25. The van der Waals surface area contributed by atoms with E-state index in [2.05, 4.69) is 17.5 Å². The molecule has 0 unspecified atom stereocenters. The Bertz CT molecular complexity index is 911. The van der Waals surface area contributed by atoms with E-state index in [1.807, 2.05) is 0 Å². The number of halogens is 5. The highest BCUT2D eigenvalue weighted by atomic mass is 35.5. The third-order valence-electron chi connectivity index (χ3n) is 4.60. The van der Waals surface area contributed by atoms with Gasteiger partial charge in [-0.15, -0.1) is 0 Å². The molecule has 0 spiro atoms. The van der Waals surface area contributed by atoms with E-state index in [4.69, 9.17) is 27.9 Å². The summed E-state index contributed by atoms with van der Waals surface area (Å²) in [5.74, 6) is -0.393. The highest BCUT2D eigenvalue weighted by Gasteiger charge is 2.30. The Morgan fingerprint density at radius 3 is 2.38 bits per heavy atom. The molecule has 0 aliphatic rings. The van der Waals surface area contributed by atoms with Crippen molar-refractivity contribution < 1.29 is 22.7 Å². The first-order chi connectivity index (χ1) is 15.2. The van der Waals surface area contributed by atoms with E-state index in [1.54, 1.807) is 12.1 Å². The molecule has 0 atom stereocenters. The molecule has 0 radical (unpaired) electrons. The normalized spacial score (nSPS) is 11.7. The second-order valence-electron chi connectivity index (χ2n) is 7.21. The van der Waals surface area contributed by atoms with Gasteiger partial charge in [0.1, 0.15) is 0 Å². The number of rotatable bonds is 11. The van der Waals surface area contributed by atoms with Gasteiger partial charge in [0.15, 0.2) is 5.75 Å². The van der Waals surface area contributed by atoms with Crippen LogP contribution in [-0.4, -0.2) is 18.7 Å². The van der Waals surface area contributed by atoms with Crippen LogP contribution in [0, 0.1) is 0 Å². The van der Waals surface area contributed by atoms with Crippen LogP contribution in [0.4, 0.5) is 13.2 Å². The predicted molar refractivity (Wildman–Crippen MR) is 122 cm³/mol. The number of amides is 1. The molecule has 0 aromatic heterocycles. The number of nitrogens with zero attached hydrogens (tertiary/aromatic N) is 1. The number of carbonyl (C=O) groups is 1. The van der Waals surface area contributed by atoms with Gasteiger partial charge in [-0.25, -0.2) is 5.43 Å². The van der Waals surface area contributed by atoms with E-state index in [1.165, 1.54) is 38.0 Å². The van der Waals surface area contributed by atoms with Crippen molar-refractivity contribution in [2.75, 3.05) is 6.61 Å². The zero-order valence-electron chi connectivity index (χ0n) is 17.6. The van der Waals surface area contributed by atoms with Gasteiger partial charge in [-0.05, 0) is 42.3 Å². The molecule has 0 aliphatic heterocycles. The average Bonchev–Trinajstić information content (AvgIpc) is 2.74. The first kappa shape index (κ1) is 26.0. The number of benzene rings is 2. The molecule has 0 bridgehead atoms. The van der Waals surface area contributed by atoms with E-state index < -0.39 is 17.6 Å². The minimum atomic E-state index is -4.54. The van der Waals surface area contributed by atoms with Crippen molar-refractivity contribution in [1.82, 2.24) is 5.43 Å². The lowest BCUT2D eigenvalue weighted by atomic mass is 10.1. The van der Waals surface area contributed by atoms with Gasteiger partial charge in [0.2, 0.25) is 0 Å². The maximum Gasteiger partial charge on any atom is 0.416 e. The zero-order valence-corrected chi connectivity index (χ0v) is 19.2. The predicted octanol–water partition coefficient (Wildman–Crippen LogP) is 7.52. The topological polar surface area (TPSA) is 50.7 Å². The Morgan fingerprint density at radius 2 is 1.72 bits per heavy atom. The summed E-state index contributed by atoms with van der Waals surface area (Å²) in [6, 6.07) is 7.22. The van der Waals surface area contributed by atoms with Gasteiger partial charge in [-0.1, -0.05) is 68.3 Å². The molecule has 4 nitrogen and oxygen atoms in total. The number of alkyl halides is 3. The molecule has 0 fully saturated rings. The van der Waals surface area contributed by atoms with Crippen LogP contribution in [0.2, 0.25) is 10.0 Å². The fraction of sp³-hybridized carbons (Fsp3) is 0.391. The molecular formula is C23H25Cl2F3N2O2. The van der Waals surface area contributed by atoms with Crippen molar-refractivity contribution in [3.63, 3.8) is 0 Å². The van der Waals surface area contributed by atoms with Crippen molar-refractivity contribution in [2.45, 2.75) is 51.6 Å². The Kier molecular flexibility index (Phi) is 10.3. The molecular weight excluding hydrogens is 464 g/mol. The third kappa shape index (κ3) is 8.36. The molecule has 0 saturated heterocycles. The molecule has 1 N–H and O–H groups in total. The Balaban J connectivity index is 1.91. The van der Waals surface area contributed by atoms with Crippen molar-refractivity contribution in [3.8, 4) is 5.75 Å². The van der Waals surface area contributed by atoms with Crippen LogP contribution in [0.5, 0.6) is 5.75 Å². The lowest BCUT2D eigenvalue weighted by Crippen LogP contribution is -2.18. The van der Waals surface area contributed by atoms with E-state index >= 15 is 0 Å². The first-order valence-corrected chi connectivity index (χ1v) is 11.1. The van der Waals surface area contributed by atoms with E-state index in [0.29, 0.717) is 28.0 Å². The quantitative estimate of drug-likeness (QED) is 0.202. The lowest BCUT2D eigenvalue weighted by molar-refractivity contribution is -0.137. The van der Waals surface area contributed by atoms with E-state index in [9.17, 15) is 18.0 Å². The summed E-state index contributed by atoms with van der Waals surface area (Å²) in [4.78, 5) is 12.1. The fourth-order valence-corrected chi connectivity index (χ4v) is 3.53. The van der Waals surface area contributed by atoms with Gasteiger partial charge in [-0.3, -0.25) is 4.79 Å². The van der Waals surface area contributed by atoms with Crippen LogP contribution in [0.3, 0.4) is 0 Å². The summed E-state index contributed by atoms with van der Waals surface area (Å²) in [6.45, 7) is 2.68. The number of nitrogens with one attached hydrogen (secondary N) is 1. The lowest BCUT2D eigenvalue weighted by Gasteiger charge is -2.11. The molecule has 0 aliphatic carbocycles. The van der Waals surface area contributed by atoms with Crippen molar-refractivity contribution >= 4 is 35.3 Å².